The maximum atomic E-state index is 3.62. The predicted octanol–water partition coefficient (Wildman–Crippen LogP) is 23.8. The van der Waals surface area contributed by atoms with Crippen molar-refractivity contribution < 1.29 is 0 Å². The van der Waals surface area contributed by atoms with Crippen LogP contribution in [0.5, 0.6) is 0 Å². The third-order valence-electron chi connectivity index (χ3n) is 16.3. The summed E-state index contributed by atoms with van der Waals surface area (Å²) in [6.07, 6.45) is 0. The van der Waals surface area contributed by atoms with Crippen LogP contribution >= 0.6 is 0 Å². The van der Waals surface area contributed by atoms with Gasteiger partial charge in [-0.25, -0.2) is 0 Å². The SMILES string of the molecule is c1ccc(-c2ccc(N(c3ccccc3)c3ccc(-c4ccc(Nc5ccc(-c6ccc(-c7ccc(N(c8ccccc8)c8ccc(-c9ccc(N(c%10ccccc%10)c%10ccc(-c%11ccccc%11)cc%10)cc9)cc8)cc7)cc6)cc5)cc4)cc3)cc2)cc1. The Labute approximate surface area is 516 Å². The molecule has 0 bridgehead atoms. The molecule has 0 heterocycles. The fourth-order valence-electron chi connectivity index (χ4n) is 11.7. The molecule has 418 valence electrons. The largest absolute Gasteiger partial charge is 0.356 e. The van der Waals surface area contributed by atoms with E-state index in [1.807, 2.05) is 0 Å². The lowest BCUT2D eigenvalue weighted by Gasteiger charge is -2.26. The Balaban J connectivity index is 0.620. The summed E-state index contributed by atoms with van der Waals surface area (Å²) in [5.41, 5.74) is 26.1. The Kier molecular flexibility index (Phi) is 15.6. The Morgan fingerprint density at radius 1 is 0.125 bits per heavy atom. The zero-order chi connectivity index (χ0) is 58.9. The van der Waals surface area contributed by atoms with Gasteiger partial charge in [-0.3, -0.25) is 0 Å². The van der Waals surface area contributed by atoms with Crippen LogP contribution in [0.15, 0.2) is 370 Å². The minimum absolute atomic E-state index is 1.04. The molecule has 0 aliphatic carbocycles. The third-order valence-corrected chi connectivity index (χ3v) is 16.3. The van der Waals surface area contributed by atoms with Gasteiger partial charge in [-0.2, -0.15) is 0 Å². The third kappa shape index (κ3) is 12.0. The molecule has 0 aliphatic heterocycles. The van der Waals surface area contributed by atoms with Crippen molar-refractivity contribution in [3.8, 4) is 66.8 Å². The summed E-state index contributed by atoms with van der Waals surface area (Å²) in [6.45, 7) is 0. The number of para-hydroxylation sites is 3. The first-order valence-electron chi connectivity index (χ1n) is 30.0. The minimum Gasteiger partial charge on any atom is -0.356 e. The first-order valence-corrected chi connectivity index (χ1v) is 30.0. The molecule has 14 aromatic rings. The van der Waals surface area contributed by atoms with Gasteiger partial charge in [0, 0.05) is 62.6 Å². The monoisotopic (exact) mass is 1130 g/mol. The van der Waals surface area contributed by atoms with Crippen LogP contribution in [0.1, 0.15) is 0 Å². The van der Waals surface area contributed by atoms with Gasteiger partial charge >= 0.3 is 0 Å². The van der Waals surface area contributed by atoms with Gasteiger partial charge in [0.1, 0.15) is 0 Å². The molecule has 88 heavy (non-hydrogen) atoms. The first-order chi connectivity index (χ1) is 43.6. The Morgan fingerprint density at radius 3 is 0.455 bits per heavy atom. The number of nitrogens with zero attached hydrogens (tertiary/aromatic N) is 3. The standard InChI is InChI=1S/C84H62N4/c1-6-16-62(17-7-1)68-34-50-79(51-35-68)86(76-20-10-3-11-21-76)82-56-40-71(41-57-82)67-32-48-75(49-33-67)85-74-46-30-66(31-47-74)64-26-28-65(29-27-64)70-38-54-81(55-39-70)88(78-24-14-5-15-25-78)84-60-44-73(45-61-84)72-42-58-83(59-43-72)87(77-22-12-4-13-23-77)80-52-36-69(37-53-80)63-18-8-2-9-19-63/h1-61,85H. The van der Waals surface area contributed by atoms with E-state index in [9.17, 15) is 0 Å². The summed E-state index contributed by atoms with van der Waals surface area (Å²) in [5.74, 6) is 0. The summed E-state index contributed by atoms with van der Waals surface area (Å²) < 4.78 is 0. The molecule has 0 fully saturated rings. The molecule has 0 atom stereocenters. The van der Waals surface area contributed by atoms with Crippen molar-refractivity contribution in [2.24, 2.45) is 0 Å². The molecular weight excluding hydrogens is 1060 g/mol. The Morgan fingerprint density at radius 2 is 0.261 bits per heavy atom. The summed E-state index contributed by atoms with van der Waals surface area (Å²) in [6, 6.07) is 132. The highest BCUT2D eigenvalue weighted by atomic mass is 15.2. The number of hydrogen-bond donors (Lipinski definition) is 1. The van der Waals surface area contributed by atoms with Crippen LogP contribution in [0, 0.1) is 0 Å². The second-order valence-corrected chi connectivity index (χ2v) is 21.9. The minimum atomic E-state index is 1.04. The molecule has 0 unspecified atom stereocenters. The van der Waals surface area contributed by atoms with Gasteiger partial charge in [0.05, 0.1) is 0 Å². The van der Waals surface area contributed by atoms with Gasteiger partial charge in [0.2, 0.25) is 0 Å². The fraction of sp³-hybridized carbons (Fsp3) is 0. The molecular formula is C84H62N4. The van der Waals surface area contributed by atoms with Crippen molar-refractivity contribution in [3.63, 3.8) is 0 Å². The lowest BCUT2D eigenvalue weighted by atomic mass is 9.99. The second-order valence-electron chi connectivity index (χ2n) is 21.9. The predicted molar refractivity (Wildman–Crippen MR) is 373 cm³/mol. The maximum Gasteiger partial charge on any atom is 0.0462 e. The zero-order valence-electron chi connectivity index (χ0n) is 48.6. The van der Waals surface area contributed by atoms with E-state index in [2.05, 4.69) is 390 Å². The summed E-state index contributed by atoms with van der Waals surface area (Å²) in [4.78, 5) is 6.94. The van der Waals surface area contributed by atoms with Gasteiger partial charge in [0.15, 0.2) is 0 Å². The van der Waals surface area contributed by atoms with E-state index in [0.29, 0.717) is 0 Å². The summed E-state index contributed by atoms with van der Waals surface area (Å²) in [5, 5.41) is 3.62. The number of benzene rings is 14. The topological polar surface area (TPSA) is 21.8 Å². The summed E-state index contributed by atoms with van der Waals surface area (Å²) >= 11 is 0. The molecule has 0 aromatic heterocycles. The molecule has 14 rings (SSSR count). The van der Waals surface area contributed by atoms with Crippen LogP contribution in [0.2, 0.25) is 0 Å². The van der Waals surface area contributed by atoms with Crippen LogP contribution in [-0.2, 0) is 0 Å². The number of anilines is 11. The molecule has 0 saturated heterocycles. The highest BCUT2D eigenvalue weighted by Gasteiger charge is 2.17. The van der Waals surface area contributed by atoms with E-state index in [1.165, 1.54) is 38.9 Å². The maximum absolute atomic E-state index is 3.62. The quantitative estimate of drug-likeness (QED) is 0.0981. The molecule has 4 heteroatoms. The highest BCUT2D eigenvalue weighted by Crippen LogP contribution is 2.41. The molecule has 0 aliphatic rings. The van der Waals surface area contributed by atoms with Gasteiger partial charge in [-0.15, -0.1) is 0 Å². The van der Waals surface area contributed by atoms with E-state index in [4.69, 9.17) is 0 Å². The van der Waals surface area contributed by atoms with Crippen LogP contribution in [0.3, 0.4) is 0 Å². The number of rotatable bonds is 17. The smallest absolute Gasteiger partial charge is 0.0462 e. The van der Waals surface area contributed by atoms with Crippen molar-refractivity contribution in [2.45, 2.75) is 0 Å². The number of hydrogen-bond acceptors (Lipinski definition) is 4. The highest BCUT2D eigenvalue weighted by molar-refractivity contribution is 5.84. The Hall–Kier alpha value is -11.7. The van der Waals surface area contributed by atoms with Crippen LogP contribution in [0.25, 0.3) is 66.8 Å². The second kappa shape index (κ2) is 25.2. The van der Waals surface area contributed by atoms with E-state index in [-0.39, 0.29) is 0 Å². The molecule has 0 saturated carbocycles. The number of nitrogens with one attached hydrogen (secondary N) is 1. The van der Waals surface area contributed by atoms with Crippen molar-refractivity contribution in [1.29, 1.82) is 0 Å². The summed E-state index contributed by atoms with van der Waals surface area (Å²) in [7, 11) is 0. The van der Waals surface area contributed by atoms with Gasteiger partial charge < -0.3 is 20.0 Å². The van der Waals surface area contributed by atoms with Gasteiger partial charge in [-0.05, 0) is 200 Å². The van der Waals surface area contributed by atoms with Crippen molar-refractivity contribution in [1.82, 2.24) is 0 Å². The molecule has 0 spiro atoms. The normalized spacial score (nSPS) is 11.0. The van der Waals surface area contributed by atoms with E-state index in [0.717, 1.165) is 90.4 Å². The first kappa shape index (κ1) is 54.2. The fourth-order valence-corrected chi connectivity index (χ4v) is 11.7. The van der Waals surface area contributed by atoms with E-state index < -0.39 is 0 Å². The van der Waals surface area contributed by atoms with Crippen LogP contribution in [0.4, 0.5) is 62.6 Å². The van der Waals surface area contributed by atoms with Crippen LogP contribution in [-0.4, -0.2) is 0 Å². The zero-order valence-corrected chi connectivity index (χ0v) is 48.6. The van der Waals surface area contributed by atoms with Gasteiger partial charge in [0.25, 0.3) is 0 Å². The molecule has 4 nitrogen and oxygen atoms in total. The van der Waals surface area contributed by atoms with Crippen LogP contribution < -0.4 is 20.0 Å². The van der Waals surface area contributed by atoms with Crippen molar-refractivity contribution in [2.75, 3.05) is 20.0 Å². The average Bonchev–Trinajstić information content (AvgIpc) is 3.80. The molecule has 0 radical (unpaired) electrons. The lowest BCUT2D eigenvalue weighted by molar-refractivity contribution is 1.28. The lowest BCUT2D eigenvalue weighted by Crippen LogP contribution is -2.10. The molecule has 14 aromatic carbocycles. The Bertz CT molecular complexity index is 4510. The van der Waals surface area contributed by atoms with Crippen molar-refractivity contribution >= 4 is 62.6 Å². The van der Waals surface area contributed by atoms with Crippen molar-refractivity contribution in [3.05, 3.63) is 370 Å². The molecule has 1 N–H and O–H groups in total. The van der Waals surface area contributed by atoms with E-state index >= 15 is 0 Å². The molecule has 0 amide bonds. The average molecular weight is 1130 g/mol. The van der Waals surface area contributed by atoms with E-state index in [1.54, 1.807) is 0 Å². The van der Waals surface area contributed by atoms with Gasteiger partial charge in [-0.1, -0.05) is 237 Å².